The summed E-state index contributed by atoms with van der Waals surface area (Å²) in [5, 5.41) is 6.67. The first-order chi connectivity index (χ1) is 11.8. The molecule has 0 spiro atoms. The van der Waals surface area contributed by atoms with Gasteiger partial charge in [-0.05, 0) is 18.2 Å². The Morgan fingerprint density at radius 3 is 2.96 bits per heavy atom. The molecule has 0 aliphatic rings. The zero-order valence-corrected chi connectivity index (χ0v) is 15.2. The lowest BCUT2D eigenvalue weighted by Gasteiger charge is -2.04. The highest BCUT2D eigenvalue weighted by Crippen LogP contribution is 2.23. The molecule has 1 aromatic carbocycles. The summed E-state index contributed by atoms with van der Waals surface area (Å²) in [5.41, 5.74) is 3.00. The highest BCUT2D eigenvalue weighted by molar-refractivity contribution is 9.10. The summed E-state index contributed by atoms with van der Waals surface area (Å²) >= 11 is 5.07. The van der Waals surface area contributed by atoms with Crippen molar-refractivity contribution in [1.29, 1.82) is 0 Å². The molecule has 120 valence electrons. The van der Waals surface area contributed by atoms with E-state index >= 15 is 0 Å². The van der Waals surface area contributed by atoms with E-state index in [-0.39, 0.29) is 0 Å². The van der Waals surface area contributed by atoms with Gasteiger partial charge in [0.15, 0.2) is 0 Å². The quantitative estimate of drug-likeness (QED) is 0.465. The summed E-state index contributed by atoms with van der Waals surface area (Å²) in [6, 6.07) is 12.0. The number of pyridine rings is 1. The maximum atomic E-state index is 4.61. The number of hydrogen-bond donors (Lipinski definition) is 0. The molecule has 0 saturated carbocycles. The monoisotopic (exact) mass is 398 g/mol. The highest BCUT2D eigenvalue weighted by Gasteiger charge is 2.07. The summed E-state index contributed by atoms with van der Waals surface area (Å²) in [4.78, 5) is 9.46. The third kappa shape index (κ3) is 3.96. The van der Waals surface area contributed by atoms with Gasteiger partial charge in [0.1, 0.15) is 0 Å². The predicted octanol–water partition coefficient (Wildman–Crippen LogP) is 4.34. The molecule has 2 aromatic heterocycles. The fourth-order valence-corrected chi connectivity index (χ4v) is 3.33. The molecule has 0 N–H and O–H groups in total. The Morgan fingerprint density at radius 2 is 2.21 bits per heavy atom. The van der Waals surface area contributed by atoms with Gasteiger partial charge in [0.2, 0.25) is 4.80 Å². The molecule has 4 nitrogen and oxygen atoms in total. The lowest BCUT2D eigenvalue weighted by atomic mass is 10.2. The van der Waals surface area contributed by atoms with E-state index in [1.807, 2.05) is 28.9 Å². The Kier molecular flexibility index (Phi) is 5.51. The Labute approximate surface area is 152 Å². The largest absolute Gasteiger partial charge is 0.264 e. The van der Waals surface area contributed by atoms with Crippen molar-refractivity contribution in [2.75, 3.05) is 6.54 Å². The molecule has 0 bridgehead atoms. The fourth-order valence-electron chi connectivity index (χ4n) is 2.08. The van der Waals surface area contributed by atoms with Crippen molar-refractivity contribution < 1.29 is 0 Å². The van der Waals surface area contributed by atoms with Crippen molar-refractivity contribution in [2.24, 2.45) is 10.1 Å². The summed E-state index contributed by atoms with van der Waals surface area (Å²) in [6.07, 6.45) is 7.07. The summed E-state index contributed by atoms with van der Waals surface area (Å²) in [5.74, 6) is 0. The third-order valence-electron chi connectivity index (χ3n) is 3.17. The van der Waals surface area contributed by atoms with Crippen LogP contribution < -0.4 is 4.80 Å². The molecular weight excluding hydrogens is 384 g/mol. The van der Waals surface area contributed by atoms with Crippen molar-refractivity contribution in [1.82, 2.24) is 9.66 Å². The Balaban J connectivity index is 2.08. The predicted molar refractivity (Wildman–Crippen MR) is 103 cm³/mol. The number of aromatic nitrogens is 2. The number of nitrogens with zero attached hydrogens (tertiary/aromatic N) is 4. The van der Waals surface area contributed by atoms with Gasteiger partial charge in [-0.2, -0.15) is 5.10 Å². The Hall–Kier alpha value is -2.31. The van der Waals surface area contributed by atoms with Gasteiger partial charge in [-0.25, -0.2) is 4.68 Å². The summed E-state index contributed by atoms with van der Waals surface area (Å²) in [7, 11) is 0. The number of benzene rings is 1. The lowest BCUT2D eigenvalue weighted by molar-refractivity contribution is 0.840. The van der Waals surface area contributed by atoms with E-state index in [9.17, 15) is 0 Å². The van der Waals surface area contributed by atoms with Gasteiger partial charge >= 0.3 is 0 Å². The van der Waals surface area contributed by atoms with Gasteiger partial charge in [0, 0.05) is 33.4 Å². The van der Waals surface area contributed by atoms with Gasteiger partial charge in [0.05, 0.1) is 18.5 Å². The van der Waals surface area contributed by atoms with E-state index in [4.69, 9.17) is 0 Å². The minimum atomic E-state index is 0.556. The van der Waals surface area contributed by atoms with Crippen molar-refractivity contribution in [3.05, 3.63) is 81.7 Å². The van der Waals surface area contributed by atoms with Crippen molar-refractivity contribution >= 4 is 33.5 Å². The fraction of sp³-hybridized carbons (Fsp3) is 0.0556. The van der Waals surface area contributed by atoms with Crippen LogP contribution in [0.4, 0.5) is 0 Å². The minimum absolute atomic E-state index is 0.556. The SMILES string of the molecule is C=CCN=c1scc(-c2cccc(Br)c2)n1N=Cc1cccnc1. The van der Waals surface area contributed by atoms with Crippen LogP contribution in [0.2, 0.25) is 0 Å². The van der Waals surface area contributed by atoms with Crippen molar-refractivity contribution in [2.45, 2.75) is 0 Å². The average Bonchev–Trinajstić information content (AvgIpc) is 3.02. The second kappa shape index (κ2) is 7.99. The zero-order chi connectivity index (χ0) is 16.8. The van der Waals surface area contributed by atoms with E-state index in [0.29, 0.717) is 6.54 Å². The van der Waals surface area contributed by atoms with E-state index < -0.39 is 0 Å². The normalized spacial score (nSPS) is 12.0. The van der Waals surface area contributed by atoms with Gasteiger partial charge < -0.3 is 0 Å². The molecule has 0 aliphatic heterocycles. The molecule has 24 heavy (non-hydrogen) atoms. The second-order valence-corrected chi connectivity index (χ2v) is 6.64. The molecule has 0 unspecified atom stereocenters. The van der Waals surface area contributed by atoms with Gasteiger partial charge in [0.25, 0.3) is 0 Å². The smallest absolute Gasteiger partial charge is 0.206 e. The van der Waals surface area contributed by atoms with Gasteiger partial charge in [-0.1, -0.05) is 40.2 Å². The molecular formula is C18H15BrN4S. The van der Waals surface area contributed by atoms with Crippen LogP contribution >= 0.6 is 27.3 Å². The molecule has 2 heterocycles. The van der Waals surface area contributed by atoms with E-state index in [0.717, 1.165) is 26.1 Å². The van der Waals surface area contributed by atoms with Gasteiger partial charge in [-0.3, -0.25) is 9.98 Å². The topological polar surface area (TPSA) is 42.5 Å². The third-order valence-corrected chi connectivity index (χ3v) is 4.52. The van der Waals surface area contributed by atoms with Crippen LogP contribution in [-0.2, 0) is 0 Å². The summed E-state index contributed by atoms with van der Waals surface area (Å²) < 4.78 is 2.88. The average molecular weight is 399 g/mol. The van der Waals surface area contributed by atoms with Crippen molar-refractivity contribution in [3.8, 4) is 11.3 Å². The van der Waals surface area contributed by atoms with Crippen LogP contribution in [-0.4, -0.2) is 22.4 Å². The molecule has 0 fully saturated rings. The van der Waals surface area contributed by atoms with E-state index in [1.54, 1.807) is 36.0 Å². The summed E-state index contributed by atoms with van der Waals surface area (Å²) in [6.45, 7) is 4.28. The first kappa shape index (κ1) is 16.5. The number of thiazole rings is 1. The highest BCUT2D eigenvalue weighted by atomic mass is 79.9. The Bertz CT molecular complexity index is 925. The van der Waals surface area contributed by atoms with Crippen LogP contribution in [0.5, 0.6) is 0 Å². The van der Waals surface area contributed by atoms with Crippen LogP contribution in [0.25, 0.3) is 11.3 Å². The van der Waals surface area contributed by atoms with Gasteiger partial charge in [-0.15, -0.1) is 17.9 Å². The molecule has 6 heteroatoms. The van der Waals surface area contributed by atoms with Crippen LogP contribution in [0.3, 0.4) is 0 Å². The van der Waals surface area contributed by atoms with Crippen LogP contribution in [0.1, 0.15) is 5.56 Å². The lowest BCUT2D eigenvalue weighted by Crippen LogP contribution is -2.12. The van der Waals surface area contributed by atoms with Crippen LogP contribution in [0.15, 0.2) is 81.4 Å². The maximum absolute atomic E-state index is 4.61. The number of hydrogen-bond acceptors (Lipinski definition) is 4. The molecule has 0 aliphatic carbocycles. The molecule has 0 amide bonds. The molecule has 0 atom stereocenters. The maximum Gasteiger partial charge on any atom is 0.206 e. The minimum Gasteiger partial charge on any atom is -0.264 e. The second-order valence-electron chi connectivity index (χ2n) is 4.89. The van der Waals surface area contributed by atoms with Crippen LogP contribution in [0, 0.1) is 0 Å². The van der Waals surface area contributed by atoms with E-state index in [2.05, 4.69) is 55.1 Å². The molecule has 3 rings (SSSR count). The molecule has 0 saturated heterocycles. The zero-order valence-electron chi connectivity index (χ0n) is 12.8. The Morgan fingerprint density at radius 1 is 1.29 bits per heavy atom. The van der Waals surface area contributed by atoms with Crippen molar-refractivity contribution in [3.63, 3.8) is 0 Å². The molecule has 3 aromatic rings. The standard InChI is InChI=1S/C18H15BrN4S/c1-2-8-21-18-23(22-12-14-5-4-9-20-11-14)17(13-24-18)15-6-3-7-16(19)10-15/h2-7,9-13H,1,8H2. The number of rotatable bonds is 5. The first-order valence-electron chi connectivity index (χ1n) is 7.30. The first-order valence-corrected chi connectivity index (χ1v) is 8.97. The number of halogens is 1. The molecule has 0 radical (unpaired) electrons. The van der Waals surface area contributed by atoms with E-state index in [1.165, 1.54) is 0 Å².